The Morgan fingerprint density at radius 1 is 1.44 bits per heavy atom. The molecule has 3 unspecified atom stereocenters. The van der Waals surface area contributed by atoms with E-state index in [0.29, 0.717) is 16.6 Å². The predicted octanol–water partition coefficient (Wildman–Crippen LogP) is 3.60. The fourth-order valence-corrected chi connectivity index (χ4v) is 4.62. The number of hydrogen-bond donors (Lipinski definition) is 1. The minimum absolute atomic E-state index is 0.294. The zero-order valence-corrected chi connectivity index (χ0v) is 10.6. The summed E-state index contributed by atoms with van der Waals surface area (Å²) in [6.07, 6.45) is 5.90. The third-order valence-corrected chi connectivity index (χ3v) is 5.75. The Kier molecular flexibility index (Phi) is 2.12. The summed E-state index contributed by atoms with van der Waals surface area (Å²) in [4.78, 5) is 1.38. The molecule has 1 nitrogen and oxygen atoms in total. The molecule has 0 spiro atoms. The molecule has 3 rings (SSSR count). The molecule has 1 aromatic rings. The van der Waals surface area contributed by atoms with Crippen LogP contribution in [0.5, 0.6) is 0 Å². The maximum atomic E-state index is 5.87. The Morgan fingerprint density at radius 2 is 2.25 bits per heavy atom. The number of benzene rings is 1. The lowest BCUT2D eigenvalue weighted by molar-refractivity contribution is 0.317. The van der Waals surface area contributed by atoms with Crippen molar-refractivity contribution in [3.05, 3.63) is 35.9 Å². The standard InChI is InChI=1S/C14H17NS/c1-9-4-3-5-13-14(9,2)11-7-6-10(15)8-12(11)16-13/h3,5-9,13H,4,15H2,1-2H3. The van der Waals surface area contributed by atoms with Gasteiger partial charge < -0.3 is 5.73 Å². The zero-order valence-electron chi connectivity index (χ0n) is 9.73. The predicted molar refractivity (Wildman–Crippen MR) is 70.8 cm³/mol. The van der Waals surface area contributed by atoms with E-state index in [-0.39, 0.29) is 0 Å². The van der Waals surface area contributed by atoms with Crippen LogP contribution in [0.15, 0.2) is 35.2 Å². The van der Waals surface area contributed by atoms with Crippen LogP contribution < -0.4 is 5.73 Å². The molecule has 1 aliphatic carbocycles. The topological polar surface area (TPSA) is 26.0 Å². The van der Waals surface area contributed by atoms with E-state index in [1.165, 1.54) is 16.9 Å². The van der Waals surface area contributed by atoms with Crippen molar-refractivity contribution in [2.75, 3.05) is 5.73 Å². The van der Waals surface area contributed by atoms with E-state index in [1.54, 1.807) is 0 Å². The van der Waals surface area contributed by atoms with Gasteiger partial charge in [-0.3, -0.25) is 0 Å². The molecule has 0 bridgehead atoms. The molecule has 84 valence electrons. The first kappa shape index (κ1) is 10.3. The van der Waals surface area contributed by atoms with Crippen molar-refractivity contribution in [2.24, 2.45) is 5.92 Å². The number of nitrogen functional groups attached to an aromatic ring is 1. The van der Waals surface area contributed by atoms with Gasteiger partial charge in [0.05, 0.1) is 0 Å². The van der Waals surface area contributed by atoms with Crippen molar-refractivity contribution in [3.8, 4) is 0 Å². The third-order valence-electron chi connectivity index (χ3n) is 4.26. The van der Waals surface area contributed by atoms with Crippen molar-refractivity contribution in [2.45, 2.75) is 35.8 Å². The first-order valence-electron chi connectivity index (χ1n) is 5.85. The van der Waals surface area contributed by atoms with Gasteiger partial charge in [-0.1, -0.05) is 32.1 Å². The molecule has 0 fully saturated rings. The Bertz CT molecular complexity index is 466. The Morgan fingerprint density at radius 3 is 3.06 bits per heavy atom. The fraction of sp³-hybridized carbons (Fsp3) is 0.429. The van der Waals surface area contributed by atoms with Gasteiger partial charge in [0, 0.05) is 21.2 Å². The van der Waals surface area contributed by atoms with Gasteiger partial charge in [0.25, 0.3) is 0 Å². The largest absolute Gasteiger partial charge is 0.399 e. The molecule has 2 aliphatic rings. The molecular weight excluding hydrogens is 214 g/mol. The number of anilines is 1. The summed E-state index contributed by atoms with van der Waals surface area (Å²) in [5.74, 6) is 0.708. The summed E-state index contributed by atoms with van der Waals surface area (Å²) in [5, 5.41) is 0.591. The average molecular weight is 231 g/mol. The van der Waals surface area contributed by atoms with Gasteiger partial charge in [0.15, 0.2) is 0 Å². The molecule has 0 amide bonds. The van der Waals surface area contributed by atoms with Crippen LogP contribution in [0.4, 0.5) is 5.69 Å². The van der Waals surface area contributed by atoms with E-state index < -0.39 is 0 Å². The second-order valence-electron chi connectivity index (χ2n) is 5.14. The van der Waals surface area contributed by atoms with Crippen LogP contribution in [0.2, 0.25) is 0 Å². The number of fused-ring (bicyclic) bond motifs is 3. The summed E-state index contributed by atoms with van der Waals surface area (Å²) in [7, 11) is 0. The van der Waals surface area contributed by atoms with E-state index in [2.05, 4.69) is 38.1 Å². The van der Waals surface area contributed by atoms with E-state index in [4.69, 9.17) is 5.73 Å². The summed E-state index contributed by atoms with van der Waals surface area (Å²) in [5.41, 5.74) is 8.53. The second kappa shape index (κ2) is 3.30. The molecule has 0 saturated heterocycles. The molecular formula is C14H17NS. The van der Waals surface area contributed by atoms with Gasteiger partial charge in [-0.25, -0.2) is 0 Å². The lowest BCUT2D eigenvalue weighted by Gasteiger charge is -2.39. The Balaban J connectivity index is 2.18. The lowest BCUT2D eigenvalue weighted by Crippen LogP contribution is -2.38. The molecule has 16 heavy (non-hydrogen) atoms. The van der Waals surface area contributed by atoms with Gasteiger partial charge in [0.1, 0.15) is 0 Å². The van der Waals surface area contributed by atoms with Crippen LogP contribution in [0, 0.1) is 5.92 Å². The number of nitrogens with two attached hydrogens (primary N) is 1. The van der Waals surface area contributed by atoms with Crippen molar-refractivity contribution < 1.29 is 0 Å². The average Bonchev–Trinajstić information content (AvgIpc) is 2.53. The van der Waals surface area contributed by atoms with E-state index in [1.807, 2.05) is 17.8 Å². The molecule has 0 radical (unpaired) electrons. The van der Waals surface area contributed by atoms with Gasteiger partial charge in [-0.05, 0) is 30.0 Å². The number of hydrogen-bond acceptors (Lipinski definition) is 2. The summed E-state index contributed by atoms with van der Waals surface area (Å²) >= 11 is 1.97. The number of allylic oxidation sites excluding steroid dienone is 1. The molecule has 1 heterocycles. The normalized spacial score (nSPS) is 35.9. The number of rotatable bonds is 0. The SMILES string of the molecule is CC1CC=CC2Sc3cc(N)ccc3C12C. The van der Waals surface area contributed by atoms with Crippen LogP contribution >= 0.6 is 11.8 Å². The van der Waals surface area contributed by atoms with Crippen molar-refractivity contribution in [1.29, 1.82) is 0 Å². The summed E-state index contributed by atoms with van der Waals surface area (Å²) in [6, 6.07) is 6.40. The van der Waals surface area contributed by atoms with Crippen molar-refractivity contribution >= 4 is 17.4 Å². The molecule has 2 N–H and O–H groups in total. The monoisotopic (exact) mass is 231 g/mol. The van der Waals surface area contributed by atoms with Gasteiger partial charge in [0.2, 0.25) is 0 Å². The lowest BCUT2D eigenvalue weighted by atomic mass is 9.67. The minimum Gasteiger partial charge on any atom is -0.399 e. The highest BCUT2D eigenvalue weighted by molar-refractivity contribution is 8.00. The van der Waals surface area contributed by atoms with Crippen LogP contribution in [0.25, 0.3) is 0 Å². The first-order chi connectivity index (χ1) is 7.62. The first-order valence-corrected chi connectivity index (χ1v) is 6.73. The van der Waals surface area contributed by atoms with E-state index >= 15 is 0 Å². The molecule has 1 aromatic carbocycles. The highest BCUT2D eigenvalue weighted by Gasteiger charge is 2.47. The molecule has 1 aliphatic heterocycles. The van der Waals surface area contributed by atoms with E-state index in [9.17, 15) is 0 Å². The van der Waals surface area contributed by atoms with Crippen LogP contribution in [-0.4, -0.2) is 5.25 Å². The maximum Gasteiger partial charge on any atom is 0.0371 e. The Labute approximate surface area is 101 Å². The van der Waals surface area contributed by atoms with Crippen LogP contribution in [-0.2, 0) is 5.41 Å². The highest BCUT2D eigenvalue weighted by atomic mass is 32.2. The maximum absolute atomic E-state index is 5.87. The number of thioether (sulfide) groups is 1. The summed E-state index contributed by atoms with van der Waals surface area (Å²) < 4.78 is 0. The molecule has 3 atom stereocenters. The molecule has 2 heteroatoms. The van der Waals surface area contributed by atoms with Crippen LogP contribution in [0.3, 0.4) is 0 Å². The molecule has 0 aromatic heterocycles. The Hall–Kier alpha value is -0.890. The van der Waals surface area contributed by atoms with Gasteiger partial charge >= 0.3 is 0 Å². The van der Waals surface area contributed by atoms with Crippen LogP contribution in [0.1, 0.15) is 25.8 Å². The van der Waals surface area contributed by atoms with Crippen molar-refractivity contribution in [1.82, 2.24) is 0 Å². The highest BCUT2D eigenvalue weighted by Crippen LogP contribution is 2.56. The van der Waals surface area contributed by atoms with Gasteiger partial charge in [-0.15, -0.1) is 11.8 Å². The smallest absolute Gasteiger partial charge is 0.0371 e. The zero-order chi connectivity index (χ0) is 11.3. The minimum atomic E-state index is 0.294. The quantitative estimate of drug-likeness (QED) is 0.545. The second-order valence-corrected chi connectivity index (χ2v) is 6.33. The summed E-state index contributed by atoms with van der Waals surface area (Å²) in [6.45, 7) is 4.77. The fourth-order valence-electron chi connectivity index (χ4n) is 2.93. The van der Waals surface area contributed by atoms with Crippen molar-refractivity contribution in [3.63, 3.8) is 0 Å². The van der Waals surface area contributed by atoms with Gasteiger partial charge in [-0.2, -0.15) is 0 Å². The van der Waals surface area contributed by atoms with E-state index in [0.717, 1.165) is 5.69 Å². The third kappa shape index (κ3) is 1.20. The molecule has 0 saturated carbocycles.